The van der Waals surface area contributed by atoms with Crippen LogP contribution in [0.5, 0.6) is 0 Å². The van der Waals surface area contributed by atoms with Crippen LogP contribution in [0.4, 0.5) is 0 Å². The van der Waals surface area contributed by atoms with Crippen LogP contribution in [0.2, 0.25) is 0 Å². The third-order valence-electron chi connectivity index (χ3n) is 2.43. The van der Waals surface area contributed by atoms with Gasteiger partial charge in [0, 0.05) is 0 Å². The standard InChI is InChI=1S/C12H16N4O3/c13-9(17)6-16(7-10(14)18)12(19)11(15)8-4-2-1-3-5-8/h1-5,11H,6-7,15H2,(H2,13,17)(H2,14,18)/t11-/m0/s1. The van der Waals surface area contributed by atoms with Crippen molar-refractivity contribution in [3.8, 4) is 0 Å². The molecule has 0 unspecified atom stereocenters. The molecule has 0 aromatic heterocycles. The minimum absolute atomic E-state index is 0.400. The Bertz CT molecular complexity index is 459. The second-order valence-corrected chi connectivity index (χ2v) is 4.02. The molecule has 3 amide bonds. The smallest absolute Gasteiger partial charge is 0.245 e. The highest BCUT2D eigenvalue weighted by Crippen LogP contribution is 2.12. The zero-order valence-electron chi connectivity index (χ0n) is 10.3. The minimum atomic E-state index is -0.972. The third kappa shape index (κ3) is 4.40. The molecule has 1 aromatic carbocycles. The number of carbonyl (C=O) groups is 3. The first-order chi connectivity index (χ1) is 8.91. The third-order valence-corrected chi connectivity index (χ3v) is 2.43. The van der Waals surface area contributed by atoms with Crippen LogP contribution in [0, 0.1) is 0 Å². The molecule has 1 aromatic rings. The summed E-state index contributed by atoms with van der Waals surface area (Å²) >= 11 is 0. The van der Waals surface area contributed by atoms with Crippen molar-refractivity contribution in [2.75, 3.05) is 13.1 Å². The molecule has 0 saturated heterocycles. The minimum Gasteiger partial charge on any atom is -0.368 e. The summed E-state index contributed by atoms with van der Waals surface area (Å²) in [5, 5.41) is 0. The van der Waals surface area contributed by atoms with E-state index in [-0.39, 0.29) is 0 Å². The van der Waals surface area contributed by atoms with Gasteiger partial charge in [-0.25, -0.2) is 0 Å². The normalized spacial score (nSPS) is 11.6. The molecule has 0 heterocycles. The lowest BCUT2D eigenvalue weighted by atomic mass is 10.1. The maximum absolute atomic E-state index is 12.1. The van der Waals surface area contributed by atoms with E-state index >= 15 is 0 Å². The van der Waals surface area contributed by atoms with Gasteiger partial charge in [0.2, 0.25) is 17.7 Å². The van der Waals surface area contributed by atoms with Crippen molar-refractivity contribution in [3.05, 3.63) is 35.9 Å². The van der Waals surface area contributed by atoms with Gasteiger partial charge in [0.25, 0.3) is 0 Å². The molecule has 0 aliphatic heterocycles. The van der Waals surface area contributed by atoms with E-state index in [1.54, 1.807) is 30.3 Å². The predicted octanol–water partition coefficient (Wildman–Crippen LogP) is -1.51. The van der Waals surface area contributed by atoms with E-state index in [0.29, 0.717) is 5.56 Å². The summed E-state index contributed by atoms with van der Waals surface area (Å²) in [6.07, 6.45) is 0. The van der Waals surface area contributed by atoms with Crippen LogP contribution >= 0.6 is 0 Å². The van der Waals surface area contributed by atoms with Crippen molar-refractivity contribution in [2.24, 2.45) is 17.2 Å². The first kappa shape index (κ1) is 14.7. The van der Waals surface area contributed by atoms with Crippen LogP contribution in [-0.4, -0.2) is 35.7 Å². The average Bonchev–Trinajstić information content (AvgIpc) is 2.36. The molecule has 7 heteroatoms. The molecule has 0 radical (unpaired) electrons. The Morgan fingerprint density at radius 2 is 1.47 bits per heavy atom. The number of hydrogen-bond donors (Lipinski definition) is 3. The van der Waals surface area contributed by atoms with E-state index in [1.165, 1.54) is 0 Å². The van der Waals surface area contributed by atoms with E-state index in [4.69, 9.17) is 17.2 Å². The number of primary amides is 2. The Balaban J connectivity index is 2.86. The fraction of sp³-hybridized carbons (Fsp3) is 0.250. The number of benzene rings is 1. The van der Waals surface area contributed by atoms with Crippen LogP contribution in [0.1, 0.15) is 11.6 Å². The summed E-state index contributed by atoms with van der Waals surface area (Å²) in [4.78, 5) is 34.8. The first-order valence-corrected chi connectivity index (χ1v) is 5.57. The highest BCUT2D eigenvalue weighted by molar-refractivity contribution is 5.91. The second kappa shape index (κ2) is 6.50. The van der Waals surface area contributed by atoms with Crippen molar-refractivity contribution in [1.82, 2.24) is 4.90 Å². The van der Waals surface area contributed by atoms with Crippen molar-refractivity contribution in [3.63, 3.8) is 0 Å². The Morgan fingerprint density at radius 1 is 1.00 bits per heavy atom. The van der Waals surface area contributed by atoms with Gasteiger partial charge in [0.1, 0.15) is 6.04 Å². The van der Waals surface area contributed by atoms with Crippen molar-refractivity contribution in [2.45, 2.75) is 6.04 Å². The lowest BCUT2D eigenvalue weighted by Gasteiger charge is -2.23. The largest absolute Gasteiger partial charge is 0.368 e. The molecule has 0 fully saturated rings. The number of carbonyl (C=O) groups excluding carboxylic acids is 3. The molecule has 7 nitrogen and oxygen atoms in total. The fourth-order valence-corrected chi connectivity index (χ4v) is 1.59. The van der Waals surface area contributed by atoms with Crippen LogP contribution in [0.3, 0.4) is 0 Å². The van der Waals surface area contributed by atoms with Crippen molar-refractivity contribution in [1.29, 1.82) is 0 Å². The first-order valence-electron chi connectivity index (χ1n) is 5.57. The molecule has 1 rings (SSSR count). The topological polar surface area (TPSA) is 133 Å². The van der Waals surface area contributed by atoms with Gasteiger partial charge in [-0.05, 0) is 5.56 Å². The Hall–Kier alpha value is -2.41. The van der Waals surface area contributed by atoms with Gasteiger partial charge in [-0.3, -0.25) is 14.4 Å². The molecule has 0 spiro atoms. The molecular weight excluding hydrogens is 248 g/mol. The number of hydrogen-bond acceptors (Lipinski definition) is 4. The van der Waals surface area contributed by atoms with Crippen LogP contribution in [0.25, 0.3) is 0 Å². The van der Waals surface area contributed by atoms with E-state index in [1.807, 2.05) is 0 Å². The van der Waals surface area contributed by atoms with Crippen LogP contribution in [-0.2, 0) is 14.4 Å². The highest BCUT2D eigenvalue weighted by atomic mass is 16.2. The van der Waals surface area contributed by atoms with Gasteiger partial charge < -0.3 is 22.1 Å². The van der Waals surface area contributed by atoms with E-state index in [9.17, 15) is 14.4 Å². The van der Waals surface area contributed by atoms with Crippen molar-refractivity contribution >= 4 is 17.7 Å². The average molecular weight is 264 g/mol. The summed E-state index contributed by atoms with van der Waals surface area (Å²) in [5.41, 5.74) is 16.4. The van der Waals surface area contributed by atoms with Crippen LogP contribution in [0.15, 0.2) is 30.3 Å². The van der Waals surface area contributed by atoms with E-state index in [0.717, 1.165) is 4.90 Å². The zero-order valence-corrected chi connectivity index (χ0v) is 10.3. The molecule has 19 heavy (non-hydrogen) atoms. The Kier molecular flexibility index (Phi) is 5.01. The van der Waals surface area contributed by atoms with Gasteiger partial charge in [-0.2, -0.15) is 0 Å². The van der Waals surface area contributed by atoms with Gasteiger partial charge in [-0.1, -0.05) is 30.3 Å². The molecule has 102 valence electrons. The lowest BCUT2D eigenvalue weighted by Crippen LogP contribution is -2.46. The maximum atomic E-state index is 12.1. The molecule has 0 aliphatic rings. The summed E-state index contributed by atoms with van der Waals surface area (Å²) < 4.78 is 0. The van der Waals surface area contributed by atoms with Crippen LogP contribution < -0.4 is 17.2 Å². The SMILES string of the molecule is NC(=O)CN(CC(N)=O)C(=O)[C@@H](N)c1ccccc1. The number of rotatable bonds is 6. The second-order valence-electron chi connectivity index (χ2n) is 4.02. The maximum Gasteiger partial charge on any atom is 0.245 e. The zero-order chi connectivity index (χ0) is 14.4. The number of nitrogens with two attached hydrogens (primary N) is 3. The van der Waals surface area contributed by atoms with Gasteiger partial charge in [0.05, 0.1) is 13.1 Å². The van der Waals surface area contributed by atoms with Gasteiger partial charge >= 0.3 is 0 Å². The van der Waals surface area contributed by atoms with Crippen molar-refractivity contribution < 1.29 is 14.4 Å². The quantitative estimate of drug-likeness (QED) is 0.575. The Labute approximate surface area is 110 Å². The van der Waals surface area contributed by atoms with Gasteiger partial charge in [-0.15, -0.1) is 0 Å². The number of nitrogens with zero attached hydrogens (tertiary/aromatic N) is 1. The number of amides is 3. The lowest BCUT2D eigenvalue weighted by molar-refractivity contribution is -0.139. The summed E-state index contributed by atoms with van der Waals surface area (Å²) in [5.74, 6) is -2.06. The summed E-state index contributed by atoms with van der Waals surface area (Å²) in [6.45, 7) is -0.801. The summed E-state index contributed by atoms with van der Waals surface area (Å²) in [6, 6.07) is 7.62. The highest BCUT2D eigenvalue weighted by Gasteiger charge is 2.24. The molecule has 0 saturated carbocycles. The molecule has 1 atom stereocenters. The monoisotopic (exact) mass is 264 g/mol. The van der Waals surface area contributed by atoms with E-state index < -0.39 is 36.9 Å². The Morgan fingerprint density at radius 3 is 1.89 bits per heavy atom. The molecule has 0 aliphatic carbocycles. The molecule has 6 N–H and O–H groups in total. The van der Waals surface area contributed by atoms with E-state index in [2.05, 4.69) is 0 Å². The fourth-order valence-electron chi connectivity index (χ4n) is 1.59. The molecular formula is C12H16N4O3. The molecule has 0 bridgehead atoms. The van der Waals surface area contributed by atoms with Gasteiger partial charge in [0.15, 0.2) is 0 Å². The summed E-state index contributed by atoms with van der Waals surface area (Å²) in [7, 11) is 0. The predicted molar refractivity (Wildman–Crippen MR) is 68.3 cm³/mol.